The number of nitrogens with one attached hydrogen (secondary N) is 2. The van der Waals surface area contributed by atoms with Crippen molar-refractivity contribution in [3.63, 3.8) is 0 Å². The van der Waals surface area contributed by atoms with E-state index in [9.17, 15) is 9.59 Å². The van der Waals surface area contributed by atoms with Crippen LogP contribution in [0, 0.1) is 0 Å². The van der Waals surface area contributed by atoms with Crippen molar-refractivity contribution in [3.8, 4) is 0 Å². The predicted octanol–water partition coefficient (Wildman–Crippen LogP) is 0.974. The van der Waals surface area contributed by atoms with Crippen molar-refractivity contribution in [1.82, 2.24) is 14.5 Å². The van der Waals surface area contributed by atoms with Crippen molar-refractivity contribution in [2.45, 2.75) is 26.8 Å². The SMILES string of the molecule is CCNc1cccc(Cn2cc(CC)c(=O)[nH]c2=O)n1. The Bertz CT molecular complexity index is 703. The first-order chi connectivity index (χ1) is 9.63. The molecule has 106 valence electrons. The molecule has 0 unspecified atom stereocenters. The molecule has 0 spiro atoms. The van der Waals surface area contributed by atoms with Crippen LogP contribution >= 0.6 is 0 Å². The van der Waals surface area contributed by atoms with E-state index < -0.39 is 5.69 Å². The summed E-state index contributed by atoms with van der Waals surface area (Å²) in [6.07, 6.45) is 2.18. The summed E-state index contributed by atoms with van der Waals surface area (Å²) < 4.78 is 1.47. The van der Waals surface area contributed by atoms with Gasteiger partial charge in [-0.1, -0.05) is 13.0 Å². The molecule has 0 aliphatic heterocycles. The fraction of sp³-hybridized carbons (Fsp3) is 0.357. The molecule has 20 heavy (non-hydrogen) atoms. The number of nitrogens with zero attached hydrogens (tertiary/aromatic N) is 2. The molecule has 2 aromatic rings. The molecule has 0 bridgehead atoms. The highest BCUT2D eigenvalue weighted by molar-refractivity contribution is 5.35. The number of aryl methyl sites for hydroxylation is 1. The lowest BCUT2D eigenvalue weighted by molar-refractivity contribution is 0.694. The van der Waals surface area contributed by atoms with E-state index >= 15 is 0 Å². The van der Waals surface area contributed by atoms with Crippen molar-refractivity contribution in [2.24, 2.45) is 0 Å². The van der Waals surface area contributed by atoms with Gasteiger partial charge < -0.3 is 5.32 Å². The van der Waals surface area contributed by atoms with Crippen molar-refractivity contribution in [3.05, 3.63) is 56.5 Å². The Labute approximate surface area is 116 Å². The van der Waals surface area contributed by atoms with Gasteiger partial charge in [-0.05, 0) is 25.5 Å². The van der Waals surface area contributed by atoms with E-state index in [-0.39, 0.29) is 5.56 Å². The molecule has 2 rings (SSSR count). The molecular weight excluding hydrogens is 256 g/mol. The molecule has 2 heterocycles. The van der Waals surface area contributed by atoms with Crippen LogP contribution in [-0.4, -0.2) is 21.1 Å². The summed E-state index contributed by atoms with van der Waals surface area (Å²) >= 11 is 0. The average molecular weight is 274 g/mol. The van der Waals surface area contributed by atoms with Gasteiger partial charge in [0, 0.05) is 18.3 Å². The Morgan fingerprint density at radius 2 is 2.10 bits per heavy atom. The Hall–Kier alpha value is -2.37. The maximum Gasteiger partial charge on any atom is 0.328 e. The zero-order chi connectivity index (χ0) is 14.5. The largest absolute Gasteiger partial charge is 0.370 e. The maximum atomic E-state index is 11.8. The Morgan fingerprint density at radius 1 is 1.30 bits per heavy atom. The highest BCUT2D eigenvalue weighted by atomic mass is 16.2. The van der Waals surface area contributed by atoms with Gasteiger partial charge in [0.25, 0.3) is 5.56 Å². The van der Waals surface area contributed by atoms with Crippen LogP contribution in [0.15, 0.2) is 34.0 Å². The van der Waals surface area contributed by atoms with Crippen LogP contribution in [0.1, 0.15) is 25.1 Å². The van der Waals surface area contributed by atoms with E-state index in [2.05, 4.69) is 15.3 Å². The lowest BCUT2D eigenvalue weighted by atomic mass is 10.2. The summed E-state index contributed by atoms with van der Waals surface area (Å²) in [6.45, 7) is 4.99. The van der Waals surface area contributed by atoms with Gasteiger partial charge in [0.15, 0.2) is 0 Å². The number of anilines is 1. The van der Waals surface area contributed by atoms with E-state index in [4.69, 9.17) is 0 Å². The first-order valence-corrected chi connectivity index (χ1v) is 6.66. The fourth-order valence-corrected chi connectivity index (χ4v) is 1.95. The van der Waals surface area contributed by atoms with Crippen LogP contribution in [0.3, 0.4) is 0 Å². The quantitative estimate of drug-likeness (QED) is 0.851. The fourth-order valence-electron chi connectivity index (χ4n) is 1.95. The van der Waals surface area contributed by atoms with Gasteiger partial charge in [0.2, 0.25) is 0 Å². The third kappa shape index (κ3) is 3.14. The van der Waals surface area contributed by atoms with Crippen molar-refractivity contribution in [1.29, 1.82) is 0 Å². The molecule has 0 fully saturated rings. The van der Waals surface area contributed by atoms with Crippen LogP contribution in [0.4, 0.5) is 5.82 Å². The third-order valence-electron chi connectivity index (χ3n) is 2.96. The van der Waals surface area contributed by atoms with Gasteiger partial charge >= 0.3 is 5.69 Å². The van der Waals surface area contributed by atoms with Crippen molar-refractivity contribution >= 4 is 5.82 Å². The summed E-state index contributed by atoms with van der Waals surface area (Å²) in [5.41, 5.74) is 0.623. The molecule has 0 atom stereocenters. The molecule has 6 heteroatoms. The van der Waals surface area contributed by atoms with E-state index in [0.717, 1.165) is 18.1 Å². The minimum Gasteiger partial charge on any atom is -0.370 e. The molecule has 0 saturated heterocycles. The predicted molar refractivity (Wildman–Crippen MR) is 78.2 cm³/mol. The minimum absolute atomic E-state index is 0.317. The van der Waals surface area contributed by atoms with E-state index in [1.54, 1.807) is 6.20 Å². The van der Waals surface area contributed by atoms with Gasteiger partial charge in [0.1, 0.15) is 5.82 Å². The Morgan fingerprint density at radius 3 is 2.80 bits per heavy atom. The molecular formula is C14H18N4O2. The summed E-state index contributed by atoms with van der Waals surface area (Å²) in [7, 11) is 0. The van der Waals surface area contributed by atoms with Crippen LogP contribution in [0.25, 0.3) is 0 Å². The number of pyridine rings is 1. The zero-order valence-corrected chi connectivity index (χ0v) is 11.6. The minimum atomic E-state index is -0.414. The second-order valence-electron chi connectivity index (χ2n) is 4.44. The topological polar surface area (TPSA) is 79.8 Å². The molecule has 0 aliphatic rings. The standard InChI is InChI=1S/C14H18N4O2/c1-3-10-8-18(14(20)17-13(10)19)9-11-6-5-7-12(16-11)15-4-2/h5-8H,3-4,9H2,1-2H3,(H,15,16)(H,17,19,20). The number of H-pyrrole nitrogens is 1. The lowest BCUT2D eigenvalue weighted by Crippen LogP contribution is -2.32. The molecule has 0 aliphatic carbocycles. The first kappa shape index (κ1) is 14.0. The Balaban J connectivity index is 2.32. The number of aromatic nitrogens is 3. The van der Waals surface area contributed by atoms with Crippen LogP contribution in [-0.2, 0) is 13.0 Å². The second-order valence-corrected chi connectivity index (χ2v) is 4.44. The van der Waals surface area contributed by atoms with Gasteiger partial charge in [-0.25, -0.2) is 9.78 Å². The molecule has 0 amide bonds. The second kappa shape index (κ2) is 6.18. The average Bonchev–Trinajstić information content (AvgIpc) is 2.43. The summed E-state index contributed by atoms with van der Waals surface area (Å²) in [6, 6.07) is 5.61. The van der Waals surface area contributed by atoms with Gasteiger partial charge in [0.05, 0.1) is 12.2 Å². The van der Waals surface area contributed by atoms with Crippen LogP contribution in [0.5, 0.6) is 0 Å². The molecule has 2 N–H and O–H groups in total. The molecule has 2 aromatic heterocycles. The lowest BCUT2D eigenvalue weighted by Gasteiger charge is -2.08. The van der Waals surface area contributed by atoms with Gasteiger partial charge in [-0.2, -0.15) is 0 Å². The number of aromatic amines is 1. The highest BCUT2D eigenvalue weighted by Crippen LogP contribution is 2.05. The summed E-state index contributed by atoms with van der Waals surface area (Å²) in [4.78, 5) is 30.0. The number of hydrogen-bond donors (Lipinski definition) is 2. The molecule has 0 aromatic carbocycles. The maximum absolute atomic E-state index is 11.8. The molecule has 6 nitrogen and oxygen atoms in total. The highest BCUT2D eigenvalue weighted by Gasteiger charge is 2.05. The zero-order valence-electron chi connectivity index (χ0n) is 11.6. The van der Waals surface area contributed by atoms with Crippen LogP contribution in [0.2, 0.25) is 0 Å². The number of hydrogen-bond acceptors (Lipinski definition) is 4. The smallest absolute Gasteiger partial charge is 0.328 e. The monoisotopic (exact) mass is 274 g/mol. The van der Waals surface area contributed by atoms with E-state index in [1.807, 2.05) is 32.0 Å². The Kier molecular flexibility index (Phi) is 4.34. The third-order valence-corrected chi connectivity index (χ3v) is 2.96. The number of rotatable bonds is 5. The molecule has 0 saturated carbocycles. The van der Waals surface area contributed by atoms with Gasteiger partial charge in [-0.15, -0.1) is 0 Å². The summed E-state index contributed by atoms with van der Waals surface area (Å²) in [5.74, 6) is 0.776. The van der Waals surface area contributed by atoms with E-state index in [1.165, 1.54) is 4.57 Å². The first-order valence-electron chi connectivity index (χ1n) is 6.66. The molecule has 0 radical (unpaired) electrons. The van der Waals surface area contributed by atoms with Crippen molar-refractivity contribution in [2.75, 3.05) is 11.9 Å². The van der Waals surface area contributed by atoms with E-state index in [0.29, 0.717) is 18.5 Å². The van der Waals surface area contributed by atoms with Gasteiger partial charge in [-0.3, -0.25) is 14.3 Å². The summed E-state index contributed by atoms with van der Waals surface area (Å²) in [5, 5.41) is 3.12. The van der Waals surface area contributed by atoms with Crippen molar-refractivity contribution < 1.29 is 0 Å². The normalized spacial score (nSPS) is 10.5. The van der Waals surface area contributed by atoms with Crippen LogP contribution < -0.4 is 16.6 Å².